The lowest BCUT2D eigenvalue weighted by Gasteiger charge is -2.02. The molecule has 2 rings (SSSR count). The predicted molar refractivity (Wildman–Crippen MR) is 52.7 cm³/mol. The Bertz CT molecular complexity index is 486. The van der Waals surface area contributed by atoms with Gasteiger partial charge in [-0.05, 0) is 17.7 Å². The molecule has 0 fully saturated rings. The SMILES string of the molecule is NC(S)c1ccc2oc(=O)[nH]c2c1. The standard InChI is InChI=1S/C8H8N2O2S/c9-7(13)4-1-2-6-5(3-4)10-8(11)12-6/h1-3,7,13H,9H2,(H,10,11). The highest BCUT2D eigenvalue weighted by molar-refractivity contribution is 7.80. The van der Waals surface area contributed by atoms with Crippen molar-refractivity contribution in [3.05, 3.63) is 34.3 Å². The van der Waals surface area contributed by atoms with E-state index in [1.807, 2.05) is 0 Å². The van der Waals surface area contributed by atoms with Gasteiger partial charge in [0.1, 0.15) is 0 Å². The Morgan fingerprint density at radius 3 is 3.00 bits per heavy atom. The molecule has 5 heteroatoms. The first-order chi connectivity index (χ1) is 6.16. The van der Waals surface area contributed by atoms with Crippen LogP contribution in [0.25, 0.3) is 11.1 Å². The average Bonchev–Trinajstić information content (AvgIpc) is 2.42. The Balaban J connectivity index is 2.68. The Labute approximate surface area is 79.1 Å². The predicted octanol–water partition coefficient (Wildman–Crippen LogP) is 1.01. The largest absolute Gasteiger partial charge is 0.417 e. The lowest BCUT2D eigenvalue weighted by molar-refractivity contribution is 0.555. The quantitative estimate of drug-likeness (QED) is 0.471. The second-order valence-electron chi connectivity index (χ2n) is 2.71. The van der Waals surface area contributed by atoms with Crippen molar-refractivity contribution in [3.63, 3.8) is 0 Å². The number of nitrogens with one attached hydrogen (secondary N) is 1. The third-order valence-corrected chi connectivity index (χ3v) is 2.08. The van der Waals surface area contributed by atoms with Crippen LogP contribution in [0.1, 0.15) is 10.9 Å². The van der Waals surface area contributed by atoms with E-state index in [9.17, 15) is 4.79 Å². The number of H-pyrrole nitrogens is 1. The Kier molecular flexibility index (Phi) is 1.90. The molecule has 0 aliphatic rings. The van der Waals surface area contributed by atoms with Crippen LogP contribution in [-0.2, 0) is 0 Å². The van der Waals surface area contributed by atoms with Crippen molar-refractivity contribution in [2.75, 3.05) is 0 Å². The molecule has 1 aromatic carbocycles. The van der Waals surface area contributed by atoms with Gasteiger partial charge in [-0.1, -0.05) is 6.07 Å². The van der Waals surface area contributed by atoms with Crippen molar-refractivity contribution in [1.82, 2.24) is 4.98 Å². The van der Waals surface area contributed by atoms with E-state index in [1.54, 1.807) is 18.2 Å². The minimum Gasteiger partial charge on any atom is -0.408 e. The summed E-state index contributed by atoms with van der Waals surface area (Å²) in [7, 11) is 0. The molecule has 13 heavy (non-hydrogen) atoms. The highest BCUT2D eigenvalue weighted by Crippen LogP contribution is 2.18. The highest BCUT2D eigenvalue weighted by Gasteiger charge is 2.04. The maximum Gasteiger partial charge on any atom is 0.417 e. The van der Waals surface area contributed by atoms with Gasteiger partial charge in [0.05, 0.1) is 10.9 Å². The van der Waals surface area contributed by atoms with Crippen LogP contribution in [-0.4, -0.2) is 4.98 Å². The molecule has 3 N–H and O–H groups in total. The van der Waals surface area contributed by atoms with Crippen molar-refractivity contribution < 1.29 is 4.42 Å². The molecule has 4 nitrogen and oxygen atoms in total. The van der Waals surface area contributed by atoms with E-state index >= 15 is 0 Å². The van der Waals surface area contributed by atoms with Crippen LogP contribution in [0.15, 0.2) is 27.4 Å². The summed E-state index contributed by atoms with van der Waals surface area (Å²) in [6.07, 6.45) is 0. The zero-order valence-electron chi connectivity index (χ0n) is 6.65. The van der Waals surface area contributed by atoms with Crippen LogP contribution in [0, 0.1) is 0 Å². The summed E-state index contributed by atoms with van der Waals surface area (Å²) in [4.78, 5) is 13.3. The molecule has 1 aromatic heterocycles. The summed E-state index contributed by atoms with van der Waals surface area (Å²) in [6.45, 7) is 0. The van der Waals surface area contributed by atoms with Crippen LogP contribution in [0.2, 0.25) is 0 Å². The van der Waals surface area contributed by atoms with Crippen molar-refractivity contribution in [1.29, 1.82) is 0 Å². The summed E-state index contributed by atoms with van der Waals surface area (Å²) >= 11 is 4.08. The summed E-state index contributed by atoms with van der Waals surface area (Å²) in [6, 6.07) is 5.22. The summed E-state index contributed by atoms with van der Waals surface area (Å²) in [5.41, 5.74) is 7.57. The molecule has 0 aliphatic heterocycles. The molecule has 0 saturated heterocycles. The topological polar surface area (TPSA) is 72.0 Å². The van der Waals surface area contributed by atoms with Crippen LogP contribution in [0.3, 0.4) is 0 Å². The number of hydrogen-bond donors (Lipinski definition) is 3. The monoisotopic (exact) mass is 196 g/mol. The van der Waals surface area contributed by atoms with Gasteiger partial charge < -0.3 is 10.2 Å². The molecule has 0 aliphatic carbocycles. The molecule has 1 heterocycles. The molecule has 1 atom stereocenters. The number of fused-ring (bicyclic) bond motifs is 1. The normalized spacial score (nSPS) is 13.4. The zero-order valence-corrected chi connectivity index (χ0v) is 7.54. The van der Waals surface area contributed by atoms with Gasteiger partial charge in [0, 0.05) is 0 Å². The molecule has 0 radical (unpaired) electrons. The first-order valence-electron chi connectivity index (χ1n) is 3.73. The minimum absolute atomic E-state index is 0.345. The van der Waals surface area contributed by atoms with Crippen LogP contribution in [0.4, 0.5) is 0 Å². The smallest absolute Gasteiger partial charge is 0.408 e. The van der Waals surface area contributed by atoms with Gasteiger partial charge in [0.25, 0.3) is 0 Å². The molecule has 0 amide bonds. The summed E-state index contributed by atoms with van der Waals surface area (Å²) in [5.74, 6) is -0.458. The van der Waals surface area contributed by atoms with E-state index in [1.165, 1.54) is 0 Å². The van der Waals surface area contributed by atoms with E-state index in [4.69, 9.17) is 10.2 Å². The first kappa shape index (κ1) is 8.40. The summed E-state index contributed by atoms with van der Waals surface area (Å²) in [5, 5.41) is -0.345. The highest BCUT2D eigenvalue weighted by atomic mass is 32.1. The van der Waals surface area contributed by atoms with Gasteiger partial charge in [-0.25, -0.2) is 4.79 Å². The number of rotatable bonds is 1. The number of oxazole rings is 1. The number of hydrogen-bond acceptors (Lipinski definition) is 4. The molecule has 68 valence electrons. The Morgan fingerprint density at radius 1 is 1.54 bits per heavy atom. The Hall–Kier alpha value is -1.20. The van der Waals surface area contributed by atoms with Crippen molar-refractivity contribution in [3.8, 4) is 0 Å². The van der Waals surface area contributed by atoms with Crippen LogP contribution < -0.4 is 11.5 Å². The van der Waals surface area contributed by atoms with E-state index in [-0.39, 0.29) is 5.37 Å². The van der Waals surface area contributed by atoms with Crippen LogP contribution >= 0.6 is 12.6 Å². The second kappa shape index (κ2) is 2.93. The van der Waals surface area contributed by atoms with Gasteiger partial charge in [-0.15, -0.1) is 0 Å². The van der Waals surface area contributed by atoms with Crippen molar-refractivity contribution >= 4 is 23.7 Å². The third kappa shape index (κ3) is 1.48. The van der Waals surface area contributed by atoms with Gasteiger partial charge >= 0.3 is 5.76 Å². The average molecular weight is 196 g/mol. The number of benzene rings is 1. The van der Waals surface area contributed by atoms with Gasteiger partial charge in [-0.2, -0.15) is 12.6 Å². The Morgan fingerprint density at radius 2 is 2.31 bits per heavy atom. The minimum atomic E-state index is -0.458. The number of aromatic amines is 1. The van der Waals surface area contributed by atoms with E-state index < -0.39 is 5.76 Å². The maximum atomic E-state index is 10.8. The van der Waals surface area contributed by atoms with Gasteiger partial charge in [0.15, 0.2) is 5.58 Å². The number of thiol groups is 1. The molecule has 0 spiro atoms. The van der Waals surface area contributed by atoms with Gasteiger partial charge in [0.2, 0.25) is 0 Å². The molecule has 0 bridgehead atoms. The second-order valence-corrected chi connectivity index (χ2v) is 3.27. The summed E-state index contributed by atoms with van der Waals surface area (Å²) < 4.78 is 4.83. The fourth-order valence-electron chi connectivity index (χ4n) is 1.15. The lowest BCUT2D eigenvalue weighted by Crippen LogP contribution is -2.01. The molecular formula is C8H8N2O2S. The lowest BCUT2D eigenvalue weighted by atomic mass is 10.2. The van der Waals surface area contributed by atoms with Crippen LogP contribution in [0.5, 0.6) is 0 Å². The van der Waals surface area contributed by atoms with Crippen molar-refractivity contribution in [2.24, 2.45) is 5.73 Å². The fraction of sp³-hybridized carbons (Fsp3) is 0.125. The van der Waals surface area contributed by atoms with E-state index in [0.717, 1.165) is 5.56 Å². The number of nitrogens with two attached hydrogens (primary N) is 1. The molecular weight excluding hydrogens is 188 g/mol. The molecule has 2 aromatic rings. The van der Waals surface area contributed by atoms with Crippen molar-refractivity contribution in [2.45, 2.75) is 5.37 Å². The fourth-order valence-corrected chi connectivity index (χ4v) is 1.31. The van der Waals surface area contributed by atoms with Gasteiger partial charge in [-0.3, -0.25) is 4.98 Å². The first-order valence-corrected chi connectivity index (χ1v) is 4.25. The van der Waals surface area contributed by atoms with E-state index in [2.05, 4.69) is 17.6 Å². The molecule has 1 unspecified atom stereocenters. The third-order valence-electron chi connectivity index (χ3n) is 1.78. The maximum absolute atomic E-state index is 10.8. The number of aromatic nitrogens is 1. The van der Waals surface area contributed by atoms with E-state index in [0.29, 0.717) is 11.1 Å². The molecule has 0 saturated carbocycles. The zero-order chi connectivity index (χ0) is 9.42.